The quantitative estimate of drug-likeness (QED) is 0.876. The lowest BCUT2D eigenvalue weighted by molar-refractivity contribution is 0.319. The third kappa shape index (κ3) is 2.01. The first kappa shape index (κ1) is 11.3. The Morgan fingerprint density at radius 3 is 3.06 bits per heavy atom. The molecule has 0 aromatic carbocycles. The van der Waals surface area contributed by atoms with Crippen LogP contribution in [0.4, 0.5) is 0 Å². The zero-order valence-corrected chi connectivity index (χ0v) is 10.6. The smallest absolute Gasteiger partial charge is 0.244 e. The number of pyridine rings is 1. The standard InChI is InChI=1S/C13H16N4O/c1-8-3-5-15-11(8)13-16-12(17-18-13)10-4-6-14-9(2)7-10/h4,6-8,11,15H,3,5H2,1-2H3. The van der Waals surface area contributed by atoms with Crippen molar-refractivity contribution in [1.82, 2.24) is 20.4 Å². The fourth-order valence-corrected chi connectivity index (χ4v) is 2.33. The largest absolute Gasteiger partial charge is 0.337 e. The van der Waals surface area contributed by atoms with Crippen molar-refractivity contribution in [2.75, 3.05) is 6.54 Å². The number of rotatable bonds is 2. The first-order valence-electron chi connectivity index (χ1n) is 6.24. The molecular weight excluding hydrogens is 228 g/mol. The van der Waals surface area contributed by atoms with Gasteiger partial charge in [0, 0.05) is 17.5 Å². The summed E-state index contributed by atoms with van der Waals surface area (Å²) in [5, 5.41) is 7.44. The Morgan fingerprint density at radius 2 is 2.33 bits per heavy atom. The summed E-state index contributed by atoms with van der Waals surface area (Å²) in [7, 11) is 0. The number of hydrogen-bond acceptors (Lipinski definition) is 5. The molecule has 1 aliphatic rings. The van der Waals surface area contributed by atoms with Crippen molar-refractivity contribution in [3.05, 3.63) is 29.9 Å². The minimum atomic E-state index is 0.189. The van der Waals surface area contributed by atoms with E-state index >= 15 is 0 Å². The van der Waals surface area contributed by atoms with E-state index in [0.29, 0.717) is 17.6 Å². The Kier molecular flexibility index (Phi) is 2.83. The average molecular weight is 244 g/mol. The first-order valence-corrected chi connectivity index (χ1v) is 6.24. The van der Waals surface area contributed by atoms with Crippen molar-refractivity contribution >= 4 is 0 Å². The lowest BCUT2D eigenvalue weighted by atomic mass is 10.0. The van der Waals surface area contributed by atoms with Crippen LogP contribution in [-0.4, -0.2) is 21.7 Å². The summed E-state index contributed by atoms with van der Waals surface area (Å²) in [5.41, 5.74) is 1.90. The molecule has 94 valence electrons. The minimum Gasteiger partial charge on any atom is -0.337 e. The average Bonchev–Trinajstić information content (AvgIpc) is 2.97. The van der Waals surface area contributed by atoms with Crippen LogP contribution >= 0.6 is 0 Å². The Balaban J connectivity index is 1.89. The Hall–Kier alpha value is -1.75. The monoisotopic (exact) mass is 244 g/mol. The van der Waals surface area contributed by atoms with Gasteiger partial charge < -0.3 is 9.84 Å². The van der Waals surface area contributed by atoms with Gasteiger partial charge in [-0.25, -0.2) is 0 Å². The van der Waals surface area contributed by atoms with Crippen molar-refractivity contribution in [2.24, 2.45) is 5.92 Å². The number of nitrogens with zero attached hydrogens (tertiary/aromatic N) is 3. The van der Waals surface area contributed by atoms with E-state index < -0.39 is 0 Å². The van der Waals surface area contributed by atoms with E-state index in [2.05, 4.69) is 27.4 Å². The van der Waals surface area contributed by atoms with Crippen LogP contribution in [0.2, 0.25) is 0 Å². The van der Waals surface area contributed by atoms with Gasteiger partial charge in [0.15, 0.2) is 0 Å². The van der Waals surface area contributed by atoms with E-state index in [1.807, 2.05) is 19.1 Å². The molecule has 5 heteroatoms. The molecule has 1 saturated heterocycles. The molecule has 2 aromatic rings. The topological polar surface area (TPSA) is 63.8 Å². The molecule has 18 heavy (non-hydrogen) atoms. The van der Waals surface area contributed by atoms with Crippen molar-refractivity contribution in [1.29, 1.82) is 0 Å². The predicted molar refractivity (Wildman–Crippen MR) is 66.8 cm³/mol. The van der Waals surface area contributed by atoms with E-state index in [1.165, 1.54) is 0 Å². The fourth-order valence-electron chi connectivity index (χ4n) is 2.33. The molecule has 0 bridgehead atoms. The van der Waals surface area contributed by atoms with E-state index in [4.69, 9.17) is 4.52 Å². The van der Waals surface area contributed by atoms with E-state index in [0.717, 1.165) is 24.2 Å². The third-order valence-electron chi connectivity index (χ3n) is 3.40. The number of hydrogen-bond donors (Lipinski definition) is 1. The molecule has 0 spiro atoms. The van der Waals surface area contributed by atoms with E-state index in [9.17, 15) is 0 Å². The zero-order chi connectivity index (χ0) is 12.5. The first-order chi connectivity index (χ1) is 8.74. The second-order valence-corrected chi connectivity index (χ2v) is 4.84. The highest BCUT2D eigenvalue weighted by atomic mass is 16.5. The van der Waals surface area contributed by atoms with E-state index in [1.54, 1.807) is 6.20 Å². The summed E-state index contributed by atoms with van der Waals surface area (Å²) in [5.74, 6) is 1.86. The molecule has 2 aromatic heterocycles. The fraction of sp³-hybridized carbons (Fsp3) is 0.462. The Labute approximate surface area is 106 Å². The minimum absolute atomic E-state index is 0.189. The second-order valence-electron chi connectivity index (χ2n) is 4.84. The molecule has 3 rings (SSSR count). The third-order valence-corrected chi connectivity index (χ3v) is 3.40. The normalized spacial score (nSPS) is 23.4. The number of aryl methyl sites for hydroxylation is 1. The van der Waals surface area contributed by atoms with Gasteiger partial charge in [-0.05, 0) is 37.9 Å². The van der Waals surface area contributed by atoms with Gasteiger partial charge in [0.05, 0.1) is 6.04 Å². The van der Waals surface area contributed by atoms with Crippen molar-refractivity contribution in [3.63, 3.8) is 0 Å². The van der Waals surface area contributed by atoms with Gasteiger partial charge in [-0.2, -0.15) is 4.98 Å². The van der Waals surface area contributed by atoms with Crippen LogP contribution in [-0.2, 0) is 0 Å². The van der Waals surface area contributed by atoms with Gasteiger partial charge in [-0.3, -0.25) is 4.98 Å². The number of nitrogens with one attached hydrogen (secondary N) is 1. The van der Waals surface area contributed by atoms with Crippen LogP contribution in [0.5, 0.6) is 0 Å². The van der Waals surface area contributed by atoms with E-state index in [-0.39, 0.29) is 6.04 Å². The Bertz CT molecular complexity index is 551. The highest BCUT2D eigenvalue weighted by molar-refractivity contribution is 5.53. The van der Waals surface area contributed by atoms with Gasteiger partial charge in [0.1, 0.15) is 0 Å². The molecule has 0 aliphatic carbocycles. The van der Waals surface area contributed by atoms with Crippen molar-refractivity contribution in [3.8, 4) is 11.4 Å². The molecular formula is C13H16N4O. The lowest BCUT2D eigenvalue weighted by Gasteiger charge is -2.09. The van der Waals surface area contributed by atoms with Crippen LogP contribution in [0.25, 0.3) is 11.4 Å². The van der Waals surface area contributed by atoms with Crippen LogP contribution in [0, 0.1) is 12.8 Å². The molecule has 2 unspecified atom stereocenters. The van der Waals surface area contributed by atoms with Crippen molar-refractivity contribution in [2.45, 2.75) is 26.3 Å². The van der Waals surface area contributed by atoms with Gasteiger partial charge in [-0.1, -0.05) is 12.1 Å². The zero-order valence-electron chi connectivity index (χ0n) is 10.6. The van der Waals surface area contributed by atoms with Crippen LogP contribution in [0.15, 0.2) is 22.9 Å². The molecule has 1 fully saturated rings. The SMILES string of the molecule is Cc1cc(-c2noc(C3NCCC3C)n2)ccn1. The molecule has 0 amide bonds. The van der Waals surface area contributed by atoms with Gasteiger partial charge in [-0.15, -0.1) is 0 Å². The molecule has 2 atom stereocenters. The summed E-state index contributed by atoms with van der Waals surface area (Å²) in [6, 6.07) is 4.04. The maximum Gasteiger partial charge on any atom is 0.244 e. The summed E-state index contributed by atoms with van der Waals surface area (Å²) >= 11 is 0. The summed E-state index contributed by atoms with van der Waals surface area (Å²) < 4.78 is 5.37. The highest BCUT2D eigenvalue weighted by Gasteiger charge is 2.29. The summed E-state index contributed by atoms with van der Waals surface area (Å²) in [6.07, 6.45) is 2.91. The highest BCUT2D eigenvalue weighted by Crippen LogP contribution is 2.29. The van der Waals surface area contributed by atoms with Crippen LogP contribution in [0.1, 0.15) is 31.0 Å². The maximum absolute atomic E-state index is 5.37. The summed E-state index contributed by atoms with van der Waals surface area (Å²) in [6.45, 7) is 5.16. The molecule has 1 aliphatic heterocycles. The molecule has 3 heterocycles. The predicted octanol–water partition coefficient (Wildman–Crippen LogP) is 2.11. The molecule has 0 saturated carbocycles. The van der Waals surface area contributed by atoms with Crippen molar-refractivity contribution < 1.29 is 4.52 Å². The van der Waals surface area contributed by atoms with Gasteiger partial charge in [0.2, 0.25) is 11.7 Å². The summed E-state index contributed by atoms with van der Waals surface area (Å²) in [4.78, 5) is 8.65. The maximum atomic E-state index is 5.37. The second kappa shape index (κ2) is 4.49. The van der Waals surface area contributed by atoms with Crippen LogP contribution in [0.3, 0.4) is 0 Å². The van der Waals surface area contributed by atoms with Crippen LogP contribution < -0.4 is 5.32 Å². The molecule has 5 nitrogen and oxygen atoms in total. The van der Waals surface area contributed by atoms with Gasteiger partial charge >= 0.3 is 0 Å². The molecule has 0 radical (unpaired) electrons. The van der Waals surface area contributed by atoms with Gasteiger partial charge in [0.25, 0.3) is 0 Å². The lowest BCUT2D eigenvalue weighted by Crippen LogP contribution is -2.16. The Morgan fingerprint density at radius 1 is 1.44 bits per heavy atom. The molecule has 1 N–H and O–H groups in total. The number of aromatic nitrogens is 3.